The number of carbonyl (C=O) groups excluding carboxylic acids is 1. The van der Waals surface area contributed by atoms with Crippen LogP contribution in [0.1, 0.15) is 22.8 Å². The lowest BCUT2D eigenvalue weighted by molar-refractivity contribution is 0.112. The Bertz CT molecular complexity index is 791. The molecule has 106 valence electrons. The number of hydrogen-bond donors (Lipinski definition) is 0. The van der Waals surface area contributed by atoms with Gasteiger partial charge in [-0.3, -0.25) is 9.20 Å². The summed E-state index contributed by atoms with van der Waals surface area (Å²) in [6, 6.07) is 9.52. The summed E-state index contributed by atoms with van der Waals surface area (Å²) in [6.45, 7) is 4.47. The van der Waals surface area contributed by atoms with Gasteiger partial charge in [0.25, 0.3) is 0 Å². The van der Waals surface area contributed by atoms with E-state index in [1.807, 2.05) is 48.6 Å². The van der Waals surface area contributed by atoms with Crippen LogP contribution < -0.4 is 4.74 Å². The number of fused-ring (bicyclic) bond motifs is 1. The molecular formula is C16H15N3O2. The fourth-order valence-electron chi connectivity index (χ4n) is 2.23. The smallest absolute Gasteiger partial charge is 0.168 e. The lowest BCUT2D eigenvalue weighted by Gasteiger charge is -2.05. The third-order valence-corrected chi connectivity index (χ3v) is 3.34. The van der Waals surface area contributed by atoms with Gasteiger partial charge in [-0.1, -0.05) is 0 Å². The molecule has 21 heavy (non-hydrogen) atoms. The van der Waals surface area contributed by atoms with Gasteiger partial charge in [0.05, 0.1) is 6.61 Å². The topological polar surface area (TPSA) is 56.5 Å². The fraction of sp³-hybridized carbons (Fsp3) is 0.188. The first-order chi connectivity index (χ1) is 10.2. The highest BCUT2D eigenvalue weighted by Gasteiger charge is 2.10. The Balaban J connectivity index is 2.09. The minimum atomic E-state index is 0.634. The van der Waals surface area contributed by atoms with E-state index < -0.39 is 0 Å². The molecule has 0 bridgehead atoms. The minimum absolute atomic E-state index is 0.634. The molecule has 0 atom stereocenters. The second-order valence-corrected chi connectivity index (χ2v) is 4.74. The Labute approximate surface area is 122 Å². The van der Waals surface area contributed by atoms with Crippen LogP contribution in [-0.2, 0) is 0 Å². The van der Waals surface area contributed by atoms with Crippen LogP contribution in [0.4, 0.5) is 0 Å². The first-order valence-electron chi connectivity index (χ1n) is 6.76. The first-order valence-corrected chi connectivity index (χ1v) is 6.76. The van der Waals surface area contributed by atoms with E-state index in [0.29, 0.717) is 18.0 Å². The van der Waals surface area contributed by atoms with E-state index in [1.54, 1.807) is 6.20 Å². The average Bonchev–Trinajstić information content (AvgIpc) is 2.90. The van der Waals surface area contributed by atoms with Crippen molar-refractivity contribution in [2.24, 2.45) is 0 Å². The highest BCUT2D eigenvalue weighted by Crippen LogP contribution is 2.22. The first kappa shape index (κ1) is 13.3. The molecule has 2 aromatic heterocycles. The molecule has 0 saturated carbocycles. The molecule has 0 saturated heterocycles. The number of aryl methyl sites for hydroxylation is 1. The molecule has 0 aliphatic rings. The summed E-state index contributed by atoms with van der Waals surface area (Å²) >= 11 is 0. The molecular weight excluding hydrogens is 266 g/mol. The number of hydrogen-bond acceptors (Lipinski definition) is 4. The molecule has 0 N–H and O–H groups in total. The fourth-order valence-corrected chi connectivity index (χ4v) is 2.23. The molecule has 0 aliphatic carbocycles. The van der Waals surface area contributed by atoms with Gasteiger partial charge in [0, 0.05) is 17.3 Å². The summed E-state index contributed by atoms with van der Waals surface area (Å²) in [6.07, 6.45) is 2.61. The Hall–Kier alpha value is -2.69. The minimum Gasteiger partial charge on any atom is -0.494 e. The standard InChI is InChI=1S/C16H15N3O2/c1-3-21-14-6-4-12(5-7-14)16-18-17-15-8-11(2)13(10-20)9-19(15)16/h4-10H,3H2,1-2H3. The molecule has 0 spiro atoms. The molecule has 0 aliphatic heterocycles. The van der Waals surface area contributed by atoms with Crippen molar-refractivity contribution in [2.75, 3.05) is 6.61 Å². The number of aldehydes is 1. The largest absolute Gasteiger partial charge is 0.494 e. The number of pyridine rings is 1. The quantitative estimate of drug-likeness (QED) is 0.690. The van der Waals surface area contributed by atoms with Gasteiger partial charge in [0.2, 0.25) is 0 Å². The highest BCUT2D eigenvalue weighted by atomic mass is 16.5. The van der Waals surface area contributed by atoms with Crippen LogP contribution in [0.3, 0.4) is 0 Å². The normalized spacial score (nSPS) is 10.8. The highest BCUT2D eigenvalue weighted by molar-refractivity contribution is 5.78. The number of carbonyl (C=O) groups is 1. The Morgan fingerprint density at radius 1 is 1.24 bits per heavy atom. The van der Waals surface area contributed by atoms with Crippen molar-refractivity contribution in [1.29, 1.82) is 0 Å². The molecule has 2 heterocycles. The van der Waals surface area contributed by atoms with Crippen LogP contribution in [0.5, 0.6) is 5.75 Å². The zero-order valence-electron chi connectivity index (χ0n) is 11.9. The van der Waals surface area contributed by atoms with Crippen molar-refractivity contribution < 1.29 is 9.53 Å². The van der Waals surface area contributed by atoms with Gasteiger partial charge < -0.3 is 4.74 Å². The number of nitrogens with zero attached hydrogens (tertiary/aromatic N) is 3. The maximum Gasteiger partial charge on any atom is 0.168 e. The maximum atomic E-state index is 11.1. The van der Waals surface area contributed by atoms with E-state index in [9.17, 15) is 4.79 Å². The molecule has 0 radical (unpaired) electrons. The number of aromatic nitrogens is 3. The van der Waals surface area contributed by atoms with Crippen molar-refractivity contribution in [3.05, 3.63) is 47.7 Å². The zero-order valence-corrected chi connectivity index (χ0v) is 11.9. The summed E-state index contributed by atoms with van der Waals surface area (Å²) in [4.78, 5) is 11.1. The molecule has 0 fully saturated rings. The molecule has 3 rings (SSSR count). The molecule has 5 heteroatoms. The van der Waals surface area contributed by atoms with E-state index in [2.05, 4.69) is 10.2 Å². The monoisotopic (exact) mass is 281 g/mol. The summed E-state index contributed by atoms with van der Waals surface area (Å²) in [7, 11) is 0. The number of rotatable bonds is 4. The second-order valence-electron chi connectivity index (χ2n) is 4.74. The van der Waals surface area contributed by atoms with Gasteiger partial charge in [-0.2, -0.15) is 0 Å². The third-order valence-electron chi connectivity index (χ3n) is 3.34. The van der Waals surface area contributed by atoms with E-state index in [-0.39, 0.29) is 0 Å². The van der Waals surface area contributed by atoms with Gasteiger partial charge in [0.15, 0.2) is 17.8 Å². The summed E-state index contributed by atoms with van der Waals surface area (Å²) in [5.74, 6) is 1.52. The van der Waals surface area contributed by atoms with Crippen LogP contribution in [-0.4, -0.2) is 27.5 Å². The Morgan fingerprint density at radius 2 is 2.00 bits per heavy atom. The van der Waals surface area contributed by atoms with Crippen molar-refractivity contribution in [2.45, 2.75) is 13.8 Å². The maximum absolute atomic E-state index is 11.1. The molecule has 1 aromatic carbocycles. The predicted molar refractivity (Wildman–Crippen MR) is 79.7 cm³/mol. The third kappa shape index (κ3) is 2.38. The van der Waals surface area contributed by atoms with Gasteiger partial charge >= 0.3 is 0 Å². The van der Waals surface area contributed by atoms with Crippen LogP contribution in [0, 0.1) is 6.92 Å². The van der Waals surface area contributed by atoms with Crippen molar-refractivity contribution in [3.63, 3.8) is 0 Å². The summed E-state index contributed by atoms with van der Waals surface area (Å²) in [5, 5.41) is 8.37. The van der Waals surface area contributed by atoms with Gasteiger partial charge in [-0.25, -0.2) is 0 Å². The van der Waals surface area contributed by atoms with Gasteiger partial charge in [-0.15, -0.1) is 10.2 Å². The van der Waals surface area contributed by atoms with Crippen molar-refractivity contribution in [1.82, 2.24) is 14.6 Å². The average molecular weight is 281 g/mol. The molecule has 0 unspecified atom stereocenters. The lowest BCUT2D eigenvalue weighted by atomic mass is 10.1. The Morgan fingerprint density at radius 3 is 2.67 bits per heavy atom. The van der Waals surface area contributed by atoms with Crippen molar-refractivity contribution in [3.8, 4) is 17.1 Å². The predicted octanol–water partition coefficient (Wildman–Crippen LogP) is 2.92. The zero-order chi connectivity index (χ0) is 14.8. The van der Waals surface area contributed by atoms with Gasteiger partial charge in [-0.05, 0) is 49.7 Å². The van der Waals surface area contributed by atoms with Crippen LogP contribution in [0.15, 0.2) is 36.5 Å². The summed E-state index contributed by atoms with van der Waals surface area (Å²) < 4.78 is 7.25. The summed E-state index contributed by atoms with van der Waals surface area (Å²) in [5.41, 5.74) is 3.17. The molecule has 5 nitrogen and oxygen atoms in total. The van der Waals surface area contributed by atoms with E-state index in [0.717, 1.165) is 28.8 Å². The molecule has 3 aromatic rings. The van der Waals surface area contributed by atoms with Crippen LogP contribution in [0.2, 0.25) is 0 Å². The van der Waals surface area contributed by atoms with E-state index in [4.69, 9.17) is 4.74 Å². The van der Waals surface area contributed by atoms with Crippen LogP contribution in [0.25, 0.3) is 17.0 Å². The molecule has 0 amide bonds. The second kappa shape index (κ2) is 5.36. The Kier molecular flexibility index (Phi) is 3.39. The van der Waals surface area contributed by atoms with Crippen LogP contribution >= 0.6 is 0 Å². The van der Waals surface area contributed by atoms with Crippen molar-refractivity contribution >= 4 is 11.9 Å². The number of benzene rings is 1. The SMILES string of the molecule is CCOc1ccc(-c2nnc3cc(C)c(C=O)cn23)cc1. The van der Waals surface area contributed by atoms with E-state index in [1.165, 1.54) is 0 Å². The lowest BCUT2D eigenvalue weighted by Crippen LogP contribution is -1.95. The van der Waals surface area contributed by atoms with E-state index >= 15 is 0 Å². The van der Waals surface area contributed by atoms with Gasteiger partial charge in [0.1, 0.15) is 5.75 Å². The number of ether oxygens (including phenoxy) is 1.